The quantitative estimate of drug-likeness (QED) is 0.314. The van der Waals surface area contributed by atoms with Gasteiger partial charge in [-0.15, -0.1) is 24.9 Å². The van der Waals surface area contributed by atoms with E-state index in [0.717, 1.165) is 37.3 Å². The summed E-state index contributed by atoms with van der Waals surface area (Å²) in [6.07, 6.45) is 4.91. The number of likely N-dealkylation sites (tertiary alicyclic amines) is 1. The molecule has 1 aromatic carbocycles. The molecule has 3 unspecified atom stereocenters. The summed E-state index contributed by atoms with van der Waals surface area (Å²) >= 11 is 1.67. The number of likely N-dealkylation sites (N-methyl/N-ethyl adjacent to an activating group) is 1. The molecular formula is C34H50N4O4S. The van der Waals surface area contributed by atoms with Gasteiger partial charge in [0, 0.05) is 49.9 Å². The summed E-state index contributed by atoms with van der Waals surface area (Å²) in [5, 5.41) is 10.6. The zero-order chi connectivity index (χ0) is 31.6. The second-order valence-electron chi connectivity index (χ2n) is 12.4. The van der Waals surface area contributed by atoms with Crippen molar-refractivity contribution in [2.45, 2.75) is 69.5 Å². The maximum absolute atomic E-state index is 15.0. The molecule has 0 radical (unpaired) electrons. The monoisotopic (exact) mass is 610 g/mol. The fourth-order valence-electron chi connectivity index (χ4n) is 7.76. The van der Waals surface area contributed by atoms with Crippen LogP contribution in [-0.2, 0) is 14.4 Å². The molecule has 3 aliphatic rings. The molecular weight excluding hydrogens is 560 g/mol. The number of carbonyl (C=O) groups is 3. The molecule has 3 heterocycles. The van der Waals surface area contributed by atoms with Gasteiger partial charge in [-0.3, -0.25) is 14.4 Å². The number of amides is 3. The minimum atomic E-state index is -0.814. The summed E-state index contributed by atoms with van der Waals surface area (Å²) in [5.41, 5.74) is 1.82. The number of benzene rings is 1. The largest absolute Gasteiger partial charge is 0.394 e. The zero-order valence-corrected chi connectivity index (χ0v) is 27.6. The maximum atomic E-state index is 15.0. The number of nitrogens with zero attached hydrogens (tertiary/aromatic N) is 4. The number of aliphatic hydroxyl groups excluding tert-OH is 1. The Bertz CT molecular complexity index is 1200. The van der Waals surface area contributed by atoms with Gasteiger partial charge in [0.05, 0.1) is 29.2 Å². The lowest BCUT2D eigenvalue weighted by Crippen LogP contribution is -2.60. The number of aliphatic hydroxyl groups is 1. The van der Waals surface area contributed by atoms with E-state index < -0.39 is 28.7 Å². The van der Waals surface area contributed by atoms with Crippen molar-refractivity contribution in [2.75, 3.05) is 49.6 Å². The standard InChI is InChI=1S/C34H50N4O4S/c1-9-18-35(8)31(40)28-27-20-23(7)34(43-27)29(28)32(41)38(26(21-39)22(6)11-3)30(34)33(42)37(19-10-2)25-16-14-24(15-17-25)36(12-4)13-5/h9-10,14-17,22-23,26-30,39H,1-2,11-13,18-21H2,3-8H3/t22-,23?,26-,27+,28-,29-,30?,34?/m0/s1. The van der Waals surface area contributed by atoms with Crippen molar-refractivity contribution < 1.29 is 19.5 Å². The fraction of sp³-hybridized carbons (Fsp3) is 0.618. The first-order chi connectivity index (χ1) is 20.6. The van der Waals surface area contributed by atoms with Crippen molar-refractivity contribution in [1.82, 2.24) is 9.80 Å². The Morgan fingerprint density at radius 3 is 2.23 bits per heavy atom. The number of carbonyl (C=O) groups excluding carboxylic acids is 3. The molecule has 2 bridgehead atoms. The summed E-state index contributed by atoms with van der Waals surface area (Å²) in [6.45, 7) is 20.3. The zero-order valence-electron chi connectivity index (χ0n) is 26.7. The Balaban J connectivity index is 1.84. The molecule has 9 heteroatoms. The number of hydrogen-bond donors (Lipinski definition) is 1. The van der Waals surface area contributed by atoms with Crippen molar-refractivity contribution in [1.29, 1.82) is 0 Å². The summed E-state index contributed by atoms with van der Waals surface area (Å²) in [5.74, 6) is -1.57. The fourth-order valence-corrected chi connectivity index (χ4v) is 10.2. The SMILES string of the molecule is C=CCN(C)C(=O)[C@@H]1[C@H]2C(=O)N([C@@H](CO)[C@@H](C)CC)C(C(=O)N(CC=C)c3ccc(N(CC)CC)cc3)C23S[C@@H]1CC3C. The van der Waals surface area contributed by atoms with Crippen LogP contribution in [-0.4, -0.2) is 94.5 Å². The van der Waals surface area contributed by atoms with E-state index in [1.165, 1.54) is 0 Å². The highest BCUT2D eigenvalue weighted by Crippen LogP contribution is 2.69. The molecule has 3 fully saturated rings. The molecule has 4 rings (SSSR count). The van der Waals surface area contributed by atoms with E-state index in [0.29, 0.717) is 6.54 Å². The lowest BCUT2D eigenvalue weighted by atomic mass is 9.65. The van der Waals surface area contributed by atoms with Crippen LogP contribution in [0.2, 0.25) is 0 Å². The maximum Gasteiger partial charge on any atom is 0.251 e. The normalized spacial score (nSPS) is 28.8. The van der Waals surface area contributed by atoms with Crippen molar-refractivity contribution in [3.63, 3.8) is 0 Å². The van der Waals surface area contributed by atoms with Crippen LogP contribution in [0.4, 0.5) is 11.4 Å². The number of rotatable bonds is 14. The third-order valence-electron chi connectivity index (χ3n) is 10.2. The molecule has 3 aliphatic heterocycles. The Kier molecular flexibility index (Phi) is 10.4. The highest BCUT2D eigenvalue weighted by Gasteiger charge is 2.77. The first-order valence-corrected chi connectivity index (χ1v) is 16.7. The lowest BCUT2D eigenvalue weighted by Gasteiger charge is -2.43. The topological polar surface area (TPSA) is 84.4 Å². The van der Waals surface area contributed by atoms with E-state index in [1.807, 2.05) is 38.1 Å². The van der Waals surface area contributed by atoms with E-state index in [1.54, 1.807) is 45.7 Å². The Morgan fingerprint density at radius 1 is 1.09 bits per heavy atom. The Hall–Kier alpha value is -2.78. The predicted octanol–water partition coefficient (Wildman–Crippen LogP) is 4.44. The predicted molar refractivity (Wildman–Crippen MR) is 176 cm³/mol. The average Bonchev–Trinajstić information content (AvgIpc) is 3.60. The van der Waals surface area contributed by atoms with Crippen molar-refractivity contribution in [3.8, 4) is 0 Å². The minimum Gasteiger partial charge on any atom is -0.394 e. The van der Waals surface area contributed by atoms with Crippen LogP contribution in [0.25, 0.3) is 0 Å². The third-order valence-corrected chi connectivity index (χ3v) is 12.3. The van der Waals surface area contributed by atoms with E-state index in [4.69, 9.17) is 0 Å². The van der Waals surface area contributed by atoms with Gasteiger partial charge in [0.2, 0.25) is 11.8 Å². The van der Waals surface area contributed by atoms with Crippen LogP contribution in [0.3, 0.4) is 0 Å². The summed E-state index contributed by atoms with van der Waals surface area (Å²) in [6, 6.07) is 6.64. The minimum absolute atomic E-state index is 0.0317. The molecule has 3 saturated heterocycles. The highest BCUT2D eigenvalue weighted by molar-refractivity contribution is 8.02. The molecule has 8 atom stereocenters. The van der Waals surface area contributed by atoms with E-state index in [-0.39, 0.29) is 48.0 Å². The first-order valence-electron chi connectivity index (χ1n) is 15.8. The van der Waals surface area contributed by atoms with Gasteiger partial charge < -0.3 is 24.7 Å². The Morgan fingerprint density at radius 2 is 1.70 bits per heavy atom. The number of fused-ring (bicyclic) bond motifs is 1. The second-order valence-corrected chi connectivity index (χ2v) is 13.9. The van der Waals surface area contributed by atoms with Gasteiger partial charge in [0.15, 0.2) is 0 Å². The Labute approximate surface area is 262 Å². The molecule has 1 spiro atoms. The molecule has 0 saturated carbocycles. The summed E-state index contributed by atoms with van der Waals surface area (Å²) in [7, 11) is 1.75. The third kappa shape index (κ3) is 5.41. The molecule has 1 aromatic rings. The summed E-state index contributed by atoms with van der Waals surface area (Å²) < 4.78 is -0.768. The van der Waals surface area contributed by atoms with E-state index >= 15 is 4.79 Å². The molecule has 236 valence electrons. The van der Waals surface area contributed by atoms with Crippen molar-refractivity contribution in [3.05, 3.63) is 49.6 Å². The number of thioether (sulfide) groups is 1. The molecule has 8 nitrogen and oxygen atoms in total. The van der Waals surface area contributed by atoms with Crippen LogP contribution in [0.5, 0.6) is 0 Å². The second kappa shape index (κ2) is 13.5. The van der Waals surface area contributed by atoms with Crippen LogP contribution < -0.4 is 9.80 Å². The number of anilines is 2. The van der Waals surface area contributed by atoms with Crippen LogP contribution in [0, 0.1) is 23.7 Å². The first kappa shape index (κ1) is 33.1. The van der Waals surface area contributed by atoms with Gasteiger partial charge in [0.25, 0.3) is 5.91 Å². The van der Waals surface area contributed by atoms with Gasteiger partial charge in [-0.25, -0.2) is 0 Å². The lowest BCUT2D eigenvalue weighted by molar-refractivity contribution is -0.145. The van der Waals surface area contributed by atoms with Crippen LogP contribution in [0.15, 0.2) is 49.6 Å². The highest BCUT2D eigenvalue weighted by atomic mass is 32.2. The number of hydrogen-bond acceptors (Lipinski definition) is 6. The molecule has 0 aliphatic carbocycles. The van der Waals surface area contributed by atoms with Crippen LogP contribution in [0.1, 0.15) is 47.5 Å². The molecule has 43 heavy (non-hydrogen) atoms. The van der Waals surface area contributed by atoms with Crippen molar-refractivity contribution >= 4 is 40.9 Å². The summed E-state index contributed by atoms with van der Waals surface area (Å²) in [4.78, 5) is 50.8. The van der Waals surface area contributed by atoms with Crippen LogP contribution >= 0.6 is 11.8 Å². The average molecular weight is 611 g/mol. The smallest absolute Gasteiger partial charge is 0.251 e. The van der Waals surface area contributed by atoms with Gasteiger partial charge in [-0.05, 0) is 56.4 Å². The molecule has 0 aromatic heterocycles. The van der Waals surface area contributed by atoms with Gasteiger partial charge >= 0.3 is 0 Å². The van der Waals surface area contributed by atoms with Gasteiger partial charge in [-0.2, -0.15) is 0 Å². The molecule has 1 N–H and O–H groups in total. The van der Waals surface area contributed by atoms with E-state index in [2.05, 4.69) is 38.8 Å². The van der Waals surface area contributed by atoms with E-state index in [9.17, 15) is 14.7 Å². The van der Waals surface area contributed by atoms with Gasteiger partial charge in [-0.1, -0.05) is 39.3 Å². The van der Waals surface area contributed by atoms with Crippen molar-refractivity contribution in [2.24, 2.45) is 23.7 Å². The molecule has 3 amide bonds. The van der Waals surface area contributed by atoms with Gasteiger partial charge in [0.1, 0.15) is 6.04 Å².